The molecule has 0 radical (unpaired) electrons. The number of hydrogen-bond acceptors (Lipinski definition) is 5. The van der Waals surface area contributed by atoms with Crippen LogP contribution in [0.4, 0.5) is 5.69 Å². The first-order valence-corrected chi connectivity index (χ1v) is 7.17. The van der Waals surface area contributed by atoms with Gasteiger partial charge >= 0.3 is 11.7 Å². The summed E-state index contributed by atoms with van der Waals surface area (Å²) in [6.45, 7) is 0. The van der Waals surface area contributed by atoms with Crippen LogP contribution < -0.4 is 11.0 Å². The lowest BCUT2D eigenvalue weighted by molar-refractivity contribution is -0.141. The van der Waals surface area contributed by atoms with Gasteiger partial charge in [0.1, 0.15) is 0 Å². The van der Waals surface area contributed by atoms with Gasteiger partial charge in [-0.25, -0.2) is 9.59 Å². The number of H-pyrrole nitrogens is 2. The molecular formula is C17H14N4O3. The summed E-state index contributed by atoms with van der Waals surface area (Å²) < 4.78 is 4.86. The molecule has 1 atom stereocenters. The summed E-state index contributed by atoms with van der Waals surface area (Å²) in [7, 11) is 1.30. The third-order valence-electron chi connectivity index (χ3n) is 3.61. The molecule has 1 heterocycles. The number of ether oxygens (including phenoxy) is 1. The lowest BCUT2D eigenvalue weighted by Gasteiger charge is -2.18. The molecule has 0 aliphatic rings. The number of hydrogen-bond donors (Lipinski definition) is 3. The Labute approximate surface area is 136 Å². The lowest BCUT2D eigenvalue weighted by atomic mass is 10.0. The van der Waals surface area contributed by atoms with Crippen molar-refractivity contribution in [2.24, 2.45) is 0 Å². The van der Waals surface area contributed by atoms with Crippen LogP contribution in [0.1, 0.15) is 17.2 Å². The highest BCUT2D eigenvalue weighted by Gasteiger charge is 2.22. The Balaban J connectivity index is 1.97. The van der Waals surface area contributed by atoms with Crippen molar-refractivity contribution in [3.8, 4) is 6.07 Å². The molecule has 0 fully saturated rings. The molecule has 1 unspecified atom stereocenters. The summed E-state index contributed by atoms with van der Waals surface area (Å²) >= 11 is 0. The maximum atomic E-state index is 12.2. The third kappa shape index (κ3) is 2.98. The second kappa shape index (κ2) is 6.30. The maximum Gasteiger partial charge on any atom is 0.332 e. The predicted molar refractivity (Wildman–Crippen MR) is 88.5 cm³/mol. The van der Waals surface area contributed by atoms with E-state index in [-0.39, 0.29) is 5.69 Å². The second-order valence-electron chi connectivity index (χ2n) is 5.18. The van der Waals surface area contributed by atoms with E-state index in [1.165, 1.54) is 7.11 Å². The second-order valence-corrected chi connectivity index (χ2v) is 5.18. The Morgan fingerprint density at radius 2 is 2.00 bits per heavy atom. The normalized spacial score (nSPS) is 11.7. The monoisotopic (exact) mass is 322 g/mol. The van der Waals surface area contributed by atoms with Crippen molar-refractivity contribution in [2.75, 3.05) is 12.4 Å². The number of rotatable bonds is 4. The number of aromatic nitrogens is 2. The van der Waals surface area contributed by atoms with Crippen molar-refractivity contribution in [1.82, 2.24) is 9.97 Å². The fourth-order valence-corrected chi connectivity index (χ4v) is 2.47. The zero-order valence-electron chi connectivity index (χ0n) is 12.8. The molecule has 0 spiro atoms. The van der Waals surface area contributed by atoms with Gasteiger partial charge < -0.3 is 20.0 Å². The van der Waals surface area contributed by atoms with Crippen LogP contribution >= 0.6 is 0 Å². The average molecular weight is 322 g/mol. The van der Waals surface area contributed by atoms with Gasteiger partial charge in [-0.3, -0.25) is 0 Å². The summed E-state index contributed by atoms with van der Waals surface area (Å²) in [5.74, 6) is -0.479. The first-order chi connectivity index (χ1) is 11.6. The number of imidazole rings is 1. The fraction of sp³-hybridized carbons (Fsp3) is 0.118. The van der Waals surface area contributed by atoms with Gasteiger partial charge in [-0.2, -0.15) is 5.26 Å². The van der Waals surface area contributed by atoms with Crippen LogP contribution in [0.2, 0.25) is 0 Å². The number of methoxy groups -OCH3 is 1. The number of aromatic amines is 2. The zero-order valence-corrected chi connectivity index (χ0v) is 12.8. The molecule has 7 nitrogen and oxygen atoms in total. The van der Waals surface area contributed by atoms with Crippen LogP contribution in [0.15, 0.2) is 47.3 Å². The molecule has 3 rings (SSSR count). The van der Waals surface area contributed by atoms with Gasteiger partial charge in [0.2, 0.25) is 0 Å². The van der Waals surface area contributed by atoms with Crippen molar-refractivity contribution in [2.45, 2.75) is 6.04 Å². The number of anilines is 1. The van der Waals surface area contributed by atoms with Crippen LogP contribution in [0.3, 0.4) is 0 Å². The van der Waals surface area contributed by atoms with Crippen molar-refractivity contribution in [3.63, 3.8) is 0 Å². The smallest absolute Gasteiger partial charge is 0.332 e. The van der Waals surface area contributed by atoms with Gasteiger partial charge in [0, 0.05) is 5.69 Å². The number of carbonyl (C=O) groups excluding carboxylic acids is 1. The molecule has 7 heteroatoms. The topological polar surface area (TPSA) is 111 Å². The van der Waals surface area contributed by atoms with E-state index in [0.717, 1.165) is 0 Å². The first kappa shape index (κ1) is 15.4. The van der Waals surface area contributed by atoms with Crippen LogP contribution in [-0.4, -0.2) is 23.0 Å². The third-order valence-corrected chi connectivity index (χ3v) is 3.61. The summed E-state index contributed by atoms with van der Waals surface area (Å²) in [6.07, 6.45) is 0. The zero-order chi connectivity index (χ0) is 17.1. The molecule has 3 aromatic rings. The maximum absolute atomic E-state index is 12.2. The van der Waals surface area contributed by atoms with Gasteiger partial charge in [-0.05, 0) is 35.9 Å². The molecule has 0 saturated carbocycles. The largest absolute Gasteiger partial charge is 0.467 e. The molecule has 24 heavy (non-hydrogen) atoms. The Bertz CT molecular complexity index is 997. The Morgan fingerprint density at radius 3 is 2.75 bits per heavy atom. The Hall–Kier alpha value is -3.53. The Morgan fingerprint density at radius 1 is 1.21 bits per heavy atom. The minimum atomic E-state index is -0.772. The number of fused-ring (bicyclic) bond motifs is 1. The Kier molecular flexibility index (Phi) is 4.03. The van der Waals surface area contributed by atoms with Crippen LogP contribution in [0.25, 0.3) is 11.0 Å². The quantitative estimate of drug-likeness (QED) is 0.637. The van der Waals surface area contributed by atoms with E-state index >= 15 is 0 Å². The van der Waals surface area contributed by atoms with Crippen LogP contribution in [-0.2, 0) is 9.53 Å². The number of esters is 1. The molecule has 0 bridgehead atoms. The molecule has 2 aromatic carbocycles. The SMILES string of the molecule is COC(=O)C(Nc1ccc2[nH]c(=O)[nH]c2c1)c1cccc(C#N)c1. The highest BCUT2D eigenvalue weighted by Crippen LogP contribution is 2.23. The lowest BCUT2D eigenvalue weighted by Crippen LogP contribution is -2.22. The predicted octanol–water partition coefficient (Wildman–Crippen LogP) is 2.05. The van der Waals surface area contributed by atoms with E-state index in [1.54, 1.807) is 42.5 Å². The average Bonchev–Trinajstić information content (AvgIpc) is 2.98. The number of benzene rings is 2. The molecule has 3 N–H and O–H groups in total. The fourth-order valence-electron chi connectivity index (χ4n) is 2.47. The molecule has 1 aromatic heterocycles. The van der Waals surface area contributed by atoms with E-state index in [0.29, 0.717) is 27.8 Å². The molecule has 0 aliphatic heterocycles. The molecule has 0 saturated heterocycles. The summed E-state index contributed by atoms with van der Waals surface area (Å²) in [5.41, 5.74) is 2.70. The van der Waals surface area contributed by atoms with Gasteiger partial charge in [-0.1, -0.05) is 12.1 Å². The molecule has 120 valence electrons. The van der Waals surface area contributed by atoms with E-state index in [9.17, 15) is 9.59 Å². The van der Waals surface area contributed by atoms with Gasteiger partial charge in [0.15, 0.2) is 6.04 Å². The van der Waals surface area contributed by atoms with Crippen LogP contribution in [0.5, 0.6) is 0 Å². The first-order valence-electron chi connectivity index (χ1n) is 7.17. The van der Waals surface area contributed by atoms with Crippen molar-refractivity contribution >= 4 is 22.7 Å². The standard InChI is InChI=1S/C17H14N4O3/c1-24-16(22)15(11-4-2-3-10(7-11)9-18)19-12-5-6-13-14(8-12)21-17(23)20-13/h2-8,15,19H,1H3,(H2,20,21,23). The summed E-state index contributed by atoms with van der Waals surface area (Å²) in [5, 5.41) is 12.1. The summed E-state index contributed by atoms with van der Waals surface area (Å²) in [6, 6.07) is 13.2. The minimum Gasteiger partial charge on any atom is -0.467 e. The van der Waals surface area contributed by atoms with Crippen molar-refractivity contribution in [3.05, 3.63) is 64.1 Å². The van der Waals surface area contributed by atoms with Gasteiger partial charge in [0.05, 0.1) is 29.8 Å². The number of carbonyl (C=O) groups is 1. The molecule has 0 amide bonds. The van der Waals surface area contributed by atoms with Gasteiger partial charge in [-0.15, -0.1) is 0 Å². The molecular weight excluding hydrogens is 308 g/mol. The van der Waals surface area contributed by atoms with E-state index < -0.39 is 12.0 Å². The summed E-state index contributed by atoms with van der Waals surface area (Å²) in [4.78, 5) is 28.8. The van der Waals surface area contributed by atoms with Crippen molar-refractivity contribution < 1.29 is 9.53 Å². The molecule has 0 aliphatic carbocycles. The minimum absolute atomic E-state index is 0.298. The van der Waals surface area contributed by atoms with E-state index in [1.807, 2.05) is 6.07 Å². The van der Waals surface area contributed by atoms with Crippen molar-refractivity contribution in [1.29, 1.82) is 5.26 Å². The number of nitrogens with one attached hydrogen (secondary N) is 3. The highest BCUT2D eigenvalue weighted by atomic mass is 16.5. The highest BCUT2D eigenvalue weighted by molar-refractivity contribution is 5.83. The van der Waals surface area contributed by atoms with E-state index in [2.05, 4.69) is 15.3 Å². The van der Waals surface area contributed by atoms with Crippen LogP contribution in [0, 0.1) is 11.3 Å². The van der Waals surface area contributed by atoms with E-state index in [4.69, 9.17) is 10.00 Å². The van der Waals surface area contributed by atoms with Gasteiger partial charge in [0.25, 0.3) is 0 Å². The number of nitriles is 1. The number of nitrogens with zero attached hydrogens (tertiary/aromatic N) is 1.